The van der Waals surface area contributed by atoms with E-state index in [-0.39, 0.29) is 29.5 Å². The highest BCUT2D eigenvalue weighted by Gasteiger charge is 2.32. The SMILES string of the molecule is CCn1c(CNC(=O)c2cccc(C)c2)nnc1SCC(=O)Nc1sc2c(c1C#N)CC[C@H](C(C)(C)C)C2. The summed E-state index contributed by atoms with van der Waals surface area (Å²) in [6.45, 7) is 11.6. The Morgan fingerprint density at radius 3 is 2.76 bits per heavy atom. The molecule has 0 saturated heterocycles. The van der Waals surface area contributed by atoms with Crippen molar-refractivity contribution in [3.8, 4) is 6.07 Å². The molecular weight excluding hydrogens is 516 g/mol. The first-order valence-corrected chi connectivity index (χ1v) is 14.6. The predicted molar refractivity (Wildman–Crippen MR) is 151 cm³/mol. The molecular formula is C28H34N6O2S2. The first kappa shape index (κ1) is 27.9. The molecule has 1 atom stereocenters. The second-order valence-corrected chi connectivity index (χ2v) is 12.7. The summed E-state index contributed by atoms with van der Waals surface area (Å²) < 4.78 is 1.89. The minimum Gasteiger partial charge on any atom is -0.345 e. The molecule has 2 heterocycles. The molecule has 8 nitrogen and oxygen atoms in total. The number of aromatic nitrogens is 3. The number of thiophene rings is 1. The van der Waals surface area contributed by atoms with Gasteiger partial charge in [-0.1, -0.05) is 50.2 Å². The van der Waals surface area contributed by atoms with Gasteiger partial charge in [-0.2, -0.15) is 5.26 Å². The molecule has 2 amide bonds. The highest BCUT2D eigenvalue weighted by Crippen LogP contribution is 2.44. The molecule has 0 saturated carbocycles. The molecule has 0 spiro atoms. The van der Waals surface area contributed by atoms with Crippen molar-refractivity contribution >= 4 is 39.9 Å². The number of thioether (sulfide) groups is 1. The van der Waals surface area contributed by atoms with Gasteiger partial charge in [0, 0.05) is 17.0 Å². The van der Waals surface area contributed by atoms with E-state index in [4.69, 9.17) is 0 Å². The fourth-order valence-corrected chi connectivity index (χ4v) is 6.86. The number of nitrogens with zero attached hydrogens (tertiary/aromatic N) is 4. The molecule has 0 unspecified atom stereocenters. The van der Waals surface area contributed by atoms with Crippen molar-refractivity contribution in [2.45, 2.75) is 72.1 Å². The van der Waals surface area contributed by atoms with E-state index < -0.39 is 0 Å². The molecule has 1 aliphatic carbocycles. The number of rotatable bonds is 8. The average Bonchev–Trinajstić information content (AvgIpc) is 3.44. The Hall–Kier alpha value is -3.16. The van der Waals surface area contributed by atoms with Crippen LogP contribution in [0.25, 0.3) is 0 Å². The lowest BCUT2D eigenvalue weighted by Gasteiger charge is -2.33. The Morgan fingerprint density at radius 2 is 2.08 bits per heavy atom. The minimum atomic E-state index is -0.183. The predicted octanol–water partition coefficient (Wildman–Crippen LogP) is 5.35. The zero-order chi connectivity index (χ0) is 27.4. The van der Waals surface area contributed by atoms with Crippen molar-refractivity contribution in [1.29, 1.82) is 5.26 Å². The van der Waals surface area contributed by atoms with Crippen molar-refractivity contribution in [2.24, 2.45) is 11.3 Å². The summed E-state index contributed by atoms with van der Waals surface area (Å²) in [6, 6.07) is 9.73. The molecule has 0 fully saturated rings. The number of aryl methyl sites for hydroxylation is 1. The average molecular weight is 551 g/mol. The fourth-order valence-electron chi connectivity index (χ4n) is 4.75. The molecule has 3 aromatic rings. The molecule has 0 aliphatic heterocycles. The third-order valence-electron chi connectivity index (χ3n) is 6.98. The number of nitrogens with one attached hydrogen (secondary N) is 2. The zero-order valence-electron chi connectivity index (χ0n) is 22.6. The molecule has 1 aromatic carbocycles. The maximum Gasteiger partial charge on any atom is 0.251 e. The number of hydrogen-bond donors (Lipinski definition) is 2. The summed E-state index contributed by atoms with van der Waals surface area (Å²) in [7, 11) is 0. The Morgan fingerprint density at radius 1 is 1.29 bits per heavy atom. The molecule has 1 aliphatic rings. The molecule has 200 valence electrons. The van der Waals surface area contributed by atoms with Crippen LogP contribution in [0.2, 0.25) is 0 Å². The van der Waals surface area contributed by atoms with Crippen molar-refractivity contribution in [2.75, 3.05) is 11.1 Å². The van der Waals surface area contributed by atoms with Crippen LogP contribution in [0, 0.1) is 29.6 Å². The summed E-state index contributed by atoms with van der Waals surface area (Å²) in [5.74, 6) is 0.982. The van der Waals surface area contributed by atoms with E-state index in [0.717, 1.165) is 30.4 Å². The lowest BCUT2D eigenvalue weighted by atomic mass is 9.72. The fraction of sp³-hybridized carbons (Fsp3) is 0.464. The standard InChI is InChI=1S/C28H34N6O2S2/c1-6-34-23(15-30-25(36)18-9-7-8-17(2)12-18)32-33-27(34)37-16-24(35)31-26-21(14-29)20-11-10-19(28(3,4)5)13-22(20)38-26/h7-9,12,19H,6,10-11,13,15-16H2,1-5H3,(H,30,36)(H,31,35)/t19-/m0/s1. The van der Waals surface area contributed by atoms with Crippen LogP contribution in [0.15, 0.2) is 29.4 Å². The van der Waals surface area contributed by atoms with Crippen LogP contribution in [0.5, 0.6) is 0 Å². The van der Waals surface area contributed by atoms with Gasteiger partial charge in [0.1, 0.15) is 11.1 Å². The molecule has 0 bridgehead atoms. The topological polar surface area (TPSA) is 113 Å². The summed E-state index contributed by atoms with van der Waals surface area (Å²) in [6.07, 6.45) is 2.89. The lowest BCUT2D eigenvalue weighted by molar-refractivity contribution is -0.113. The largest absolute Gasteiger partial charge is 0.345 e. The number of hydrogen-bond acceptors (Lipinski definition) is 7. The van der Waals surface area contributed by atoms with Crippen molar-refractivity contribution in [3.05, 3.63) is 57.2 Å². The normalized spacial score (nSPS) is 15.0. The summed E-state index contributed by atoms with van der Waals surface area (Å²) in [5.41, 5.74) is 3.54. The van der Waals surface area contributed by atoms with Crippen molar-refractivity contribution in [1.82, 2.24) is 20.1 Å². The van der Waals surface area contributed by atoms with E-state index in [0.29, 0.717) is 39.6 Å². The summed E-state index contributed by atoms with van der Waals surface area (Å²) in [4.78, 5) is 26.6. The van der Waals surface area contributed by atoms with Crippen molar-refractivity contribution < 1.29 is 9.59 Å². The van der Waals surface area contributed by atoms with Crippen LogP contribution in [0.1, 0.15) is 71.9 Å². The van der Waals surface area contributed by atoms with Gasteiger partial charge in [0.25, 0.3) is 5.91 Å². The smallest absolute Gasteiger partial charge is 0.251 e. The van der Waals surface area contributed by atoms with Crippen LogP contribution in [-0.4, -0.2) is 32.3 Å². The molecule has 38 heavy (non-hydrogen) atoms. The quantitative estimate of drug-likeness (QED) is 0.366. The number of fused-ring (bicyclic) bond motifs is 1. The second kappa shape index (κ2) is 11.7. The number of benzene rings is 1. The monoisotopic (exact) mass is 550 g/mol. The van der Waals surface area contributed by atoms with Crippen LogP contribution in [0.3, 0.4) is 0 Å². The van der Waals surface area contributed by atoms with E-state index in [2.05, 4.69) is 47.7 Å². The van der Waals surface area contributed by atoms with Gasteiger partial charge in [0.2, 0.25) is 5.91 Å². The van der Waals surface area contributed by atoms with E-state index in [1.165, 1.54) is 28.0 Å². The van der Waals surface area contributed by atoms with Gasteiger partial charge in [-0.15, -0.1) is 21.5 Å². The second-order valence-electron chi connectivity index (χ2n) is 10.7. The van der Waals surface area contributed by atoms with Crippen LogP contribution in [0.4, 0.5) is 5.00 Å². The number of carbonyl (C=O) groups is 2. The Kier molecular flexibility index (Phi) is 8.58. The number of carbonyl (C=O) groups excluding carboxylic acids is 2. The molecule has 4 rings (SSSR count). The van der Waals surface area contributed by atoms with Gasteiger partial charge in [0.15, 0.2) is 11.0 Å². The zero-order valence-corrected chi connectivity index (χ0v) is 24.2. The highest BCUT2D eigenvalue weighted by molar-refractivity contribution is 7.99. The first-order chi connectivity index (χ1) is 18.1. The number of nitriles is 1. The minimum absolute atomic E-state index is 0.145. The number of anilines is 1. The third-order valence-corrected chi connectivity index (χ3v) is 9.12. The van der Waals surface area contributed by atoms with E-state index in [1.54, 1.807) is 6.07 Å². The molecule has 10 heteroatoms. The Labute approximate surface area is 232 Å². The third kappa shape index (κ3) is 6.27. The van der Waals surface area contributed by atoms with Crippen LogP contribution >= 0.6 is 23.1 Å². The highest BCUT2D eigenvalue weighted by atomic mass is 32.2. The number of amides is 2. The van der Waals surface area contributed by atoms with Gasteiger partial charge in [-0.3, -0.25) is 9.59 Å². The van der Waals surface area contributed by atoms with Gasteiger partial charge in [-0.25, -0.2) is 0 Å². The Bertz CT molecular complexity index is 1380. The van der Waals surface area contributed by atoms with E-state index in [1.807, 2.05) is 36.6 Å². The van der Waals surface area contributed by atoms with Gasteiger partial charge in [0.05, 0.1) is 17.9 Å². The Balaban J connectivity index is 1.37. The van der Waals surface area contributed by atoms with Crippen molar-refractivity contribution in [3.63, 3.8) is 0 Å². The van der Waals surface area contributed by atoms with Gasteiger partial charge in [-0.05, 0) is 62.1 Å². The van der Waals surface area contributed by atoms with Gasteiger partial charge < -0.3 is 15.2 Å². The molecule has 2 N–H and O–H groups in total. The van der Waals surface area contributed by atoms with Gasteiger partial charge >= 0.3 is 0 Å². The maximum absolute atomic E-state index is 12.8. The summed E-state index contributed by atoms with van der Waals surface area (Å²) in [5, 5.41) is 25.4. The maximum atomic E-state index is 12.8. The molecule has 2 aromatic heterocycles. The van der Waals surface area contributed by atoms with E-state index >= 15 is 0 Å². The molecule has 0 radical (unpaired) electrons. The van der Waals surface area contributed by atoms with Crippen LogP contribution in [-0.2, 0) is 30.7 Å². The summed E-state index contributed by atoms with van der Waals surface area (Å²) >= 11 is 2.83. The van der Waals surface area contributed by atoms with E-state index in [9.17, 15) is 14.9 Å². The van der Waals surface area contributed by atoms with Crippen LogP contribution < -0.4 is 10.6 Å². The first-order valence-electron chi connectivity index (χ1n) is 12.8. The lowest BCUT2D eigenvalue weighted by Crippen LogP contribution is -2.26.